The van der Waals surface area contributed by atoms with Crippen molar-refractivity contribution in [1.82, 2.24) is 4.98 Å². The highest BCUT2D eigenvalue weighted by molar-refractivity contribution is 5.28. The maximum atomic E-state index is 5.62. The summed E-state index contributed by atoms with van der Waals surface area (Å²) >= 11 is 0. The maximum Gasteiger partial charge on any atom is 0.125 e. The largest absolute Gasteiger partial charge is 0.490 e. The first kappa shape index (κ1) is 10.0. The lowest BCUT2D eigenvalue weighted by Gasteiger charge is -2.05. The van der Waals surface area contributed by atoms with E-state index < -0.39 is 0 Å². The fourth-order valence-electron chi connectivity index (χ4n) is 0.958. The highest BCUT2D eigenvalue weighted by Gasteiger charge is 2.23. The number of rotatable bonds is 2. The van der Waals surface area contributed by atoms with Crippen molar-refractivity contribution >= 4 is 0 Å². The van der Waals surface area contributed by atoms with Crippen LogP contribution in [0, 0.1) is 6.92 Å². The molecule has 1 aliphatic carbocycles. The summed E-state index contributed by atoms with van der Waals surface area (Å²) in [6.45, 7) is 6.02. The van der Waals surface area contributed by atoms with Crippen LogP contribution in [0.4, 0.5) is 0 Å². The normalized spacial score (nSPS) is 14.4. The Morgan fingerprint density at radius 1 is 1.38 bits per heavy atom. The van der Waals surface area contributed by atoms with Gasteiger partial charge in [-0.3, -0.25) is 4.98 Å². The number of aryl methyl sites for hydroxylation is 1. The van der Waals surface area contributed by atoms with Crippen LogP contribution in [0.3, 0.4) is 0 Å². The van der Waals surface area contributed by atoms with Crippen molar-refractivity contribution in [1.29, 1.82) is 0 Å². The first-order chi connectivity index (χ1) is 6.36. The fraction of sp³-hybridized carbons (Fsp3) is 0.545. The van der Waals surface area contributed by atoms with E-state index in [1.54, 1.807) is 6.20 Å². The van der Waals surface area contributed by atoms with E-state index in [1.165, 1.54) is 12.8 Å². The molecule has 0 N–H and O–H groups in total. The minimum Gasteiger partial charge on any atom is -0.490 e. The van der Waals surface area contributed by atoms with Crippen molar-refractivity contribution in [2.45, 2.75) is 39.7 Å². The van der Waals surface area contributed by atoms with E-state index >= 15 is 0 Å². The van der Waals surface area contributed by atoms with Gasteiger partial charge in [0.15, 0.2) is 0 Å². The van der Waals surface area contributed by atoms with E-state index in [0.29, 0.717) is 6.10 Å². The van der Waals surface area contributed by atoms with Crippen LogP contribution in [-0.2, 0) is 0 Å². The summed E-state index contributed by atoms with van der Waals surface area (Å²) in [5.41, 5.74) is 1.12. The molecule has 1 aromatic heterocycles. The Morgan fingerprint density at radius 3 is 2.62 bits per heavy atom. The van der Waals surface area contributed by atoms with Gasteiger partial charge in [0.2, 0.25) is 0 Å². The Kier molecular flexibility index (Phi) is 3.74. The predicted molar refractivity (Wildman–Crippen MR) is 54.0 cm³/mol. The first-order valence-electron chi connectivity index (χ1n) is 4.93. The van der Waals surface area contributed by atoms with Gasteiger partial charge in [-0.2, -0.15) is 0 Å². The van der Waals surface area contributed by atoms with Crippen LogP contribution in [0.15, 0.2) is 18.5 Å². The minimum atomic E-state index is 0.482. The Bertz CT molecular complexity index is 256. The molecule has 1 fully saturated rings. The number of hydrogen-bond acceptors (Lipinski definition) is 2. The van der Waals surface area contributed by atoms with Crippen LogP contribution >= 0.6 is 0 Å². The molecule has 0 aromatic carbocycles. The Balaban J connectivity index is 0.000000396. The standard InChI is InChI=1S/C9H11NO.C2H6/c1-7-6-10-5-4-9(7)11-8-2-3-8;1-2/h4-6,8H,2-3H2,1H3;1-2H3. The molecular formula is C11H17NO. The van der Waals surface area contributed by atoms with Crippen molar-refractivity contribution < 1.29 is 4.74 Å². The van der Waals surface area contributed by atoms with Gasteiger partial charge in [0.25, 0.3) is 0 Å². The van der Waals surface area contributed by atoms with Gasteiger partial charge in [-0.05, 0) is 25.8 Å². The highest BCUT2D eigenvalue weighted by Crippen LogP contribution is 2.27. The molecule has 0 unspecified atom stereocenters. The molecule has 1 aliphatic rings. The smallest absolute Gasteiger partial charge is 0.125 e. The summed E-state index contributed by atoms with van der Waals surface area (Å²) in [5, 5.41) is 0. The molecule has 1 saturated carbocycles. The van der Waals surface area contributed by atoms with Gasteiger partial charge in [-0.15, -0.1) is 0 Å². The number of hydrogen-bond donors (Lipinski definition) is 0. The topological polar surface area (TPSA) is 22.1 Å². The lowest BCUT2D eigenvalue weighted by Crippen LogP contribution is -1.97. The predicted octanol–water partition coefficient (Wildman–Crippen LogP) is 2.96. The van der Waals surface area contributed by atoms with E-state index in [2.05, 4.69) is 4.98 Å². The molecule has 1 heterocycles. The van der Waals surface area contributed by atoms with Crippen LogP contribution < -0.4 is 4.74 Å². The van der Waals surface area contributed by atoms with Crippen LogP contribution in [0.25, 0.3) is 0 Å². The van der Waals surface area contributed by atoms with Gasteiger partial charge in [0.05, 0.1) is 6.10 Å². The van der Waals surface area contributed by atoms with Crippen molar-refractivity contribution in [3.8, 4) is 5.75 Å². The zero-order chi connectivity index (χ0) is 9.68. The van der Waals surface area contributed by atoms with Crippen LogP contribution in [0.1, 0.15) is 32.3 Å². The number of aromatic nitrogens is 1. The number of nitrogens with zero attached hydrogens (tertiary/aromatic N) is 1. The summed E-state index contributed by atoms with van der Waals surface area (Å²) in [7, 11) is 0. The average molecular weight is 179 g/mol. The third kappa shape index (κ3) is 3.05. The second kappa shape index (κ2) is 4.85. The highest BCUT2D eigenvalue weighted by atomic mass is 16.5. The second-order valence-corrected chi connectivity index (χ2v) is 2.96. The molecule has 0 radical (unpaired) electrons. The monoisotopic (exact) mass is 179 g/mol. The fourth-order valence-corrected chi connectivity index (χ4v) is 0.958. The molecular weight excluding hydrogens is 162 g/mol. The Hall–Kier alpha value is -1.05. The van der Waals surface area contributed by atoms with Crippen molar-refractivity contribution in [3.05, 3.63) is 24.0 Å². The maximum absolute atomic E-state index is 5.62. The van der Waals surface area contributed by atoms with E-state index in [-0.39, 0.29) is 0 Å². The molecule has 0 spiro atoms. The summed E-state index contributed by atoms with van der Waals surface area (Å²) in [6.07, 6.45) is 6.50. The summed E-state index contributed by atoms with van der Waals surface area (Å²) in [4.78, 5) is 3.99. The second-order valence-electron chi connectivity index (χ2n) is 2.96. The van der Waals surface area contributed by atoms with Crippen molar-refractivity contribution in [2.24, 2.45) is 0 Å². The molecule has 72 valence electrons. The first-order valence-corrected chi connectivity index (χ1v) is 4.93. The molecule has 0 bridgehead atoms. The Labute approximate surface area is 80.0 Å². The molecule has 13 heavy (non-hydrogen) atoms. The van der Waals surface area contributed by atoms with E-state index in [0.717, 1.165) is 11.3 Å². The lowest BCUT2D eigenvalue weighted by atomic mass is 10.3. The zero-order valence-electron chi connectivity index (χ0n) is 8.58. The van der Waals surface area contributed by atoms with Gasteiger partial charge in [-0.25, -0.2) is 0 Å². The molecule has 2 rings (SSSR count). The Morgan fingerprint density at radius 2 is 2.08 bits per heavy atom. The van der Waals surface area contributed by atoms with E-state index in [4.69, 9.17) is 4.74 Å². The number of pyridine rings is 1. The van der Waals surface area contributed by atoms with Crippen molar-refractivity contribution in [3.63, 3.8) is 0 Å². The SMILES string of the molecule is CC.Cc1cnccc1OC1CC1. The molecule has 0 atom stereocenters. The van der Waals surface area contributed by atoms with Gasteiger partial charge < -0.3 is 4.74 Å². The number of ether oxygens (including phenoxy) is 1. The summed E-state index contributed by atoms with van der Waals surface area (Å²) in [5.74, 6) is 0.988. The quantitative estimate of drug-likeness (QED) is 0.696. The summed E-state index contributed by atoms with van der Waals surface area (Å²) in [6, 6.07) is 1.92. The molecule has 1 aromatic rings. The molecule has 0 amide bonds. The van der Waals surface area contributed by atoms with Gasteiger partial charge in [0.1, 0.15) is 5.75 Å². The third-order valence-corrected chi connectivity index (χ3v) is 1.79. The summed E-state index contributed by atoms with van der Waals surface area (Å²) < 4.78 is 5.62. The third-order valence-electron chi connectivity index (χ3n) is 1.79. The van der Waals surface area contributed by atoms with Crippen molar-refractivity contribution in [2.75, 3.05) is 0 Å². The van der Waals surface area contributed by atoms with Crippen LogP contribution in [-0.4, -0.2) is 11.1 Å². The molecule has 0 aliphatic heterocycles. The molecule has 0 saturated heterocycles. The van der Waals surface area contributed by atoms with E-state index in [9.17, 15) is 0 Å². The van der Waals surface area contributed by atoms with Crippen LogP contribution in [0.5, 0.6) is 5.75 Å². The average Bonchev–Trinajstić information content (AvgIpc) is 2.96. The molecule has 2 heteroatoms. The minimum absolute atomic E-state index is 0.482. The van der Waals surface area contributed by atoms with Gasteiger partial charge in [-0.1, -0.05) is 13.8 Å². The zero-order valence-corrected chi connectivity index (χ0v) is 8.58. The van der Waals surface area contributed by atoms with E-state index in [1.807, 2.05) is 33.0 Å². The lowest BCUT2D eigenvalue weighted by molar-refractivity contribution is 0.301. The van der Waals surface area contributed by atoms with Gasteiger partial charge in [0, 0.05) is 18.0 Å². The molecule has 2 nitrogen and oxygen atoms in total. The van der Waals surface area contributed by atoms with Crippen LogP contribution in [0.2, 0.25) is 0 Å². The van der Waals surface area contributed by atoms with Gasteiger partial charge >= 0.3 is 0 Å².